The van der Waals surface area contributed by atoms with Gasteiger partial charge in [-0.25, -0.2) is 4.79 Å². The van der Waals surface area contributed by atoms with Crippen LogP contribution < -0.4 is 5.32 Å². The normalized spacial score (nSPS) is 16.9. The van der Waals surface area contributed by atoms with Gasteiger partial charge in [-0.3, -0.25) is 4.79 Å². The van der Waals surface area contributed by atoms with E-state index in [-0.39, 0.29) is 18.0 Å². The number of aliphatic carboxylic acids is 1. The number of thioether (sulfide) groups is 1. The number of hydrogen-bond donors (Lipinski definition) is 2. The van der Waals surface area contributed by atoms with Gasteiger partial charge < -0.3 is 15.3 Å². The number of hydrogen-bond acceptors (Lipinski definition) is 3. The van der Waals surface area contributed by atoms with E-state index in [0.29, 0.717) is 25.9 Å². The number of urea groups is 1. The second-order valence-corrected chi connectivity index (χ2v) is 7.11. The Hall–Kier alpha value is -1.69. The minimum atomic E-state index is -0.761. The SMILES string of the molecule is CCSc1ccc(C(C)NC(=O)N2CCC(C(=O)O)CC2)cc1. The van der Waals surface area contributed by atoms with Crippen molar-refractivity contribution in [1.29, 1.82) is 0 Å². The van der Waals surface area contributed by atoms with Crippen molar-refractivity contribution in [2.45, 2.75) is 37.6 Å². The van der Waals surface area contributed by atoms with E-state index in [1.165, 1.54) is 4.90 Å². The summed E-state index contributed by atoms with van der Waals surface area (Å²) in [5.74, 6) is -0.0404. The molecule has 0 radical (unpaired) electrons. The molecule has 0 aromatic heterocycles. The van der Waals surface area contributed by atoms with Crippen molar-refractivity contribution in [3.8, 4) is 0 Å². The van der Waals surface area contributed by atoms with Crippen LogP contribution in [0, 0.1) is 5.92 Å². The monoisotopic (exact) mass is 336 g/mol. The highest BCUT2D eigenvalue weighted by Crippen LogP contribution is 2.22. The molecule has 0 spiro atoms. The fourth-order valence-electron chi connectivity index (χ4n) is 2.71. The molecule has 0 saturated carbocycles. The summed E-state index contributed by atoms with van der Waals surface area (Å²) in [6.45, 7) is 5.09. The Bertz CT molecular complexity index is 539. The molecule has 1 aliphatic heterocycles. The highest BCUT2D eigenvalue weighted by Gasteiger charge is 2.27. The van der Waals surface area contributed by atoms with Gasteiger partial charge in [-0.05, 0) is 43.2 Å². The summed E-state index contributed by atoms with van der Waals surface area (Å²) >= 11 is 1.79. The van der Waals surface area contributed by atoms with Crippen molar-refractivity contribution in [3.63, 3.8) is 0 Å². The molecule has 23 heavy (non-hydrogen) atoms. The molecule has 1 fully saturated rings. The van der Waals surface area contributed by atoms with E-state index in [9.17, 15) is 9.59 Å². The maximum Gasteiger partial charge on any atom is 0.317 e. The van der Waals surface area contributed by atoms with E-state index < -0.39 is 5.97 Å². The zero-order valence-corrected chi connectivity index (χ0v) is 14.4. The summed E-state index contributed by atoms with van der Waals surface area (Å²) in [5.41, 5.74) is 1.07. The van der Waals surface area contributed by atoms with Crippen LogP contribution in [0.3, 0.4) is 0 Å². The molecule has 1 aliphatic rings. The molecule has 2 amide bonds. The van der Waals surface area contributed by atoms with Crippen LogP contribution in [0.15, 0.2) is 29.2 Å². The van der Waals surface area contributed by atoms with Crippen molar-refractivity contribution in [2.75, 3.05) is 18.8 Å². The number of carbonyl (C=O) groups is 2. The van der Waals surface area contributed by atoms with Crippen molar-refractivity contribution in [2.24, 2.45) is 5.92 Å². The summed E-state index contributed by atoms with van der Waals surface area (Å²) < 4.78 is 0. The van der Waals surface area contributed by atoms with Gasteiger partial charge >= 0.3 is 12.0 Å². The Labute approximate surface area is 141 Å². The Balaban J connectivity index is 1.86. The Kier molecular flexibility index (Phi) is 6.33. The van der Waals surface area contributed by atoms with Crippen molar-refractivity contribution < 1.29 is 14.7 Å². The summed E-state index contributed by atoms with van der Waals surface area (Å²) in [7, 11) is 0. The van der Waals surface area contributed by atoms with Gasteiger partial charge in [0.15, 0.2) is 0 Å². The summed E-state index contributed by atoms with van der Waals surface area (Å²) in [6, 6.07) is 8.04. The van der Waals surface area contributed by atoms with E-state index in [0.717, 1.165) is 11.3 Å². The Morgan fingerprint density at radius 2 is 1.91 bits per heavy atom. The third-order valence-corrected chi connectivity index (χ3v) is 5.06. The lowest BCUT2D eigenvalue weighted by Gasteiger charge is -2.31. The zero-order chi connectivity index (χ0) is 16.8. The predicted molar refractivity (Wildman–Crippen MR) is 91.7 cm³/mol. The molecule has 6 heteroatoms. The van der Waals surface area contributed by atoms with Crippen LogP contribution in [0.25, 0.3) is 0 Å². The van der Waals surface area contributed by atoms with E-state index in [4.69, 9.17) is 5.11 Å². The Morgan fingerprint density at radius 1 is 1.30 bits per heavy atom. The van der Waals surface area contributed by atoms with E-state index >= 15 is 0 Å². The van der Waals surface area contributed by atoms with Crippen LogP contribution in [0.5, 0.6) is 0 Å². The molecular formula is C17H24N2O3S. The molecule has 1 unspecified atom stereocenters. The van der Waals surface area contributed by atoms with Crippen LogP contribution in [0.1, 0.15) is 38.3 Å². The molecular weight excluding hydrogens is 312 g/mol. The van der Waals surface area contributed by atoms with Crippen LogP contribution >= 0.6 is 11.8 Å². The van der Waals surface area contributed by atoms with Crippen LogP contribution in [-0.2, 0) is 4.79 Å². The maximum absolute atomic E-state index is 12.3. The molecule has 1 aromatic rings. The number of piperidine rings is 1. The second-order valence-electron chi connectivity index (χ2n) is 5.77. The zero-order valence-electron chi connectivity index (χ0n) is 13.6. The number of rotatable bonds is 5. The lowest BCUT2D eigenvalue weighted by Crippen LogP contribution is -2.46. The van der Waals surface area contributed by atoms with Crippen molar-refractivity contribution in [3.05, 3.63) is 29.8 Å². The largest absolute Gasteiger partial charge is 0.481 e. The molecule has 0 bridgehead atoms. The van der Waals surface area contributed by atoms with E-state index in [1.54, 1.807) is 16.7 Å². The lowest BCUT2D eigenvalue weighted by molar-refractivity contribution is -0.143. The fourth-order valence-corrected chi connectivity index (χ4v) is 3.37. The highest BCUT2D eigenvalue weighted by atomic mass is 32.2. The molecule has 126 valence electrons. The molecule has 5 nitrogen and oxygen atoms in total. The first-order chi connectivity index (χ1) is 11.0. The van der Waals surface area contributed by atoms with Crippen molar-refractivity contribution >= 4 is 23.8 Å². The first-order valence-corrected chi connectivity index (χ1v) is 9.00. The highest BCUT2D eigenvalue weighted by molar-refractivity contribution is 7.99. The number of nitrogens with one attached hydrogen (secondary N) is 1. The number of carbonyl (C=O) groups excluding carboxylic acids is 1. The summed E-state index contributed by atoms with van der Waals surface area (Å²) in [4.78, 5) is 26.2. The van der Waals surface area contributed by atoms with Gasteiger partial charge in [-0.2, -0.15) is 0 Å². The van der Waals surface area contributed by atoms with Crippen molar-refractivity contribution in [1.82, 2.24) is 10.2 Å². The molecule has 1 atom stereocenters. The van der Waals surface area contributed by atoms with Gasteiger partial charge in [0.25, 0.3) is 0 Å². The average Bonchev–Trinajstić information content (AvgIpc) is 2.55. The third kappa shape index (κ3) is 4.89. The first-order valence-electron chi connectivity index (χ1n) is 8.02. The minimum absolute atomic E-state index is 0.0691. The minimum Gasteiger partial charge on any atom is -0.481 e. The number of likely N-dealkylation sites (tertiary alicyclic amines) is 1. The first kappa shape index (κ1) is 17.7. The number of amides is 2. The van der Waals surface area contributed by atoms with Gasteiger partial charge in [0.2, 0.25) is 0 Å². The van der Waals surface area contributed by atoms with Crippen LogP contribution in [0.4, 0.5) is 4.79 Å². The van der Waals surface area contributed by atoms with E-state index in [2.05, 4.69) is 24.4 Å². The van der Waals surface area contributed by atoms with Gasteiger partial charge in [0.05, 0.1) is 12.0 Å². The number of carboxylic acid groups (broad SMARTS) is 1. The van der Waals surface area contributed by atoms with Crippen LogP contribution in [-0.4, -0.2) is 40.8 Å². The topological polar surface area (TPSA) is 69.6 Å². The smallest absolute Gasteiger partial charge is 0.317 e. The number of nitrogens with zero attached hydrogens (tertiary/aromatic N) is 1. The molecule has 1 aromatic carbocycles. The third-order valence-electron chi connectivity index (χ3n) is 4.16. The second kappa shape index (κ2) is 8.24. The molecule has 2 N–H and O–H groups in total. The van der Waals surface area contributed by atoms with Gasteiger partial charge in [-0.15, -0.1) is 11.8 Å². The predicted octanol–water partition coefficient (Wildman–Crippen LogP) is 3.37. The van der Waals surface area contributed by atoms with E-state index in [1.807, 2.05) is 19.1 Å². The van der Waals surface area contributed by atoms with Gasteiger partial charge in [-0.1, -0.05) is 19.1 Å². The molecule has 0 aliphatic carbocycles. The average molecular weight is 336 g/mol. The molecule has 2 rings (SSSR count). The number of benzene rings is 1. The van der Waals surface area contributed by atoms with Crippen LogP contribution in [0.2, 0.25) is 0 Å². The maximum atomic E-state index is 12.3. The standard InChI is InChI=1S/C17H24N2O3S/c1-3-23-15-6-4-13(5-7-15)12(2)18-17(22)19-10-8-14(9-11-19)16(20)21/h4-7,12,14H,3,8-11H2,1-2H3,(H,18,22)(H,20,21). The summed E-state index contributed by atoms with van der Waals surface area (Å²) in [5, 5.41) is 12.0. The summed E-state index contributed by atoms with van der Waals surface area (Å²) in [6.07, 6.45) is 1.06. The quantitative estimate of drug-likeness (QED) is 0.809. The van der Waals surface area contributed by atoms with Gasteiger partial charge in [0.1, 0.15) is 0 Å². The fraction of sp³-hybridized carbons (Fsp3) is 0.529. The number of carboxylic acids is 1. The van der Waals surface area contributed by atoms with Gasteiger partial charge in [0, 0.05) is 18.0 Å². The molecule has 1 saturated heterocycles. The lowest BCUT2D eigenvalue weighted by atomic mass is 9.97. The Morgan fingerprint density at radius 3 is 2.43 bits per heavy atom. The molecule has 1 heterocycles.